The van der Waals surface area contributed by atoms with E-state index in [-0.39, 0.29) is 18.1 Å². The molecule has 3 N–H and O–H groups in total. The summed E-state index contributed by atoms with van der Waals surface area (Å²) in [5, 5.41) is 5.27. The van der Waals surface area contributed by atoms with Gasteiger partial charge >= 0.3 is 0 Å². The molecule has 0 saturated carbocycles. The second-order valence-corrected chi connectivity index (χ2v) is 4.73. The van der Waals surface area contributed by atoms with Crippen LogP contribution in [0.1, 0.15) is 42.3 Å². The zero-order chi connectivity index (χ0) is 12.8. The first-order valence-electron chi connectivity index (χ1n) is 5.65. The Morgan fingerprint density at radius 3 is 2.88 bits per heavy atom. The highest BCUT2D eigenvalue weighted by Crippen LogP contribution is 2.15. The summed E-state index contributed by atoms with van der Waals surface area (Å²) in [5.41, 5.74) is 6.11. The molecule has 0 spiro atoms. The van der Waals surface area contributed by atoms with Crippen molar-refractivity contribution >= 4 is 17.2 Å². The van der Waals surface area contributed by atoms with Crippen LogP contribution in [0.25, 0.3) is 0 Å². The number of ether oxygens (including phenoxy) is 1. The first-order valence-corrected chi connectivity index (χ1v) is 6.53. The summed E-state index contributed by atoms with van der Waals surface area (Å²) in [7, 11) is 0. The second kappa shape index (κ2) is 6.68. The van der Waals surface area contributed by atoms with E-state index < -0.39 is 0 Å². The molecule has 0 aromatic carbocycles. The Balaban J connectivity index is 2.46. The zero-order valence-corrected chi connectivity index (χ0v) is 11.2. The topological polar surface area (TPSA) is 77.2 Å². The van der Waals surface area contributed by atoms with Crippen molar-refractivity contribution in [2.75, 3.05) is 13.2 Å². The van der Waals surface area contributed by atoms with Crippen molar-refractivity contribution in [3.8, 4) is 0 Å². The van der Waals surface area contributed by atoms with Crippen molar-refractivity contribution < 1.29 is 9.53 Å². The maximum absolute atomic E-state index is 11.7. The van der Waals surface area contributed by atoms with E-state index in [2.05, 4.69) is 10.3 Å². The van der Waals surface area contributed by atoms with Crippen LogP contribution in [-0.2, 0) is 4.74 Å². The highest BCUT2D eigenvalue weighted by molar-refractivity contribution is 7.09. The fourth-order valence-corrected chi connectivity index (χ4v) is 2.03. The predicted octanol–water partition coefficient (Wildman–Crippen LogP) is 1.32. The molecule has 1 aromatic heterocycles. The van der Waals surface area contributed by atoms with Crippen LogP contribution in [0.2, 0.25) is 0 Å². The average Bonchev–Trinajstić information content (AvgIpc) is 2.75. The maximum atomic E-state index is 11.7. The minimum absolute atomic E-state index is 0.00971. The van der Waals surface area contributed by atoms with E-state index in [0.717, 1.165) is 5.01 Å². The van der Waals surface area contributed by atoms with Crippen LogP contribution < -0.4 is 11.1 Å². The molecule has 1 rings (SSSR count). The third kappa shape index (κ3) is 4.41. The molecule has 1 amide bonds. The monoisotopic (exact) mass is 257 g/mol. The molecule has 1 aromatic rings. The van der Waals surface area contributed by atoms with Crippen molar-refractivity contribution in [2.24, 2.45) is 5.73 Å². The molecule has 0 aliphatic rings. The summed E-state index contributed by atoms with van der Waals surface area (Å²) in [5.74, 6) is -0.181. The zero-order valence-electron chi connectivity index (χ0n) is 10.4. The molecule has 0 saturated heterocycles. The maximum Gasteiger partial charge on any atom is 0.270 e. The van der Waals surface area contributed by atoms with Gasteiger partial charge in [0.1, 0.15) is 10.7 Å². The minimum Gasteiger partial charge on any atom is -0.377 e. The molecule has 2 atom stereocenters. The van der Waals surface area contributed by atoms with Crippen LogP contribution in [0.3, 0.4) is 0 Å². The van der Waals surface area contributed by atoms with Gasteiger partial charge in [-0.15, -0.1) is 11.3 Å². The Bertz CT molecular complexity index is 365. The highest BCUT2D eigenvalue weighted by Gasteiger charge is 2.13. The number of nitrogens with zero attached hydrogens (tertiary/aromatic N) is 1. The molecule has 0 bridgehead atoms. The minimum atomic E-state index is -0.181. The van der Waals surface area contributed by atoms with Crippen LogP contribution >= 0.6 is 11.3 Å². The van der Waals surface area contributed by atoms with Gasteiger partial charge in [0, 0.05) is 18.5 Å². The predicted molar refractivity (Wildman–Crippen MR) is 68.1 cm³/mol. The molecule has 2 unspecified atom stereocenters. The van der Waals surface area contributed by atoms with Gasteiger partial charge in [-0.05, 0) is 20.8 Å². The first-order chi connectivity index (χ1) is 8.04. The molecular formula is C11H19N3O2S. The number of thiazole rings is 1. The molecule has 0 aliphatic carbocycles. The number of aromatic nitrogens is 1. The molecule has 5 nitrogen and oxygen atoms in total. The van der Waals surface area contributed by atoms with Gasteiger partial charge in [-0.1, -0.05) is 0 Å². The number of rotatable bonds is 6. The lowest BCUT2D eigenvalue weighted by atomic mass is 10.3. The number of hydrogen-bond donors (Lipinski definition) is 2. The van der Waals surface area contributed by atoms with Gasteiger partial charge in [-0.25, -0.2) is 4.98 Å². The Hall–Kier alpha value is -0.980. The molecule has 96 valence electrons. The summed E-state index contributed by atoms with van der Waals surface area (Å²) in [6.07, 6.45) is 0.00971. The number of carbonyl (C=O) groups excluding carboxylic acids is 1. The molecular weight excluding hydrogens is 238 g/mol. The summed E-state index contributed by atoms with van der Waals surface area (Å²) in [6.45, 7) is 6.81. The van der Waals surface area contributed by atoms with Gasteiger partial charge in [0.05, 0.1) is 12.1 Å². The van der Waals surface area contributed by atoms with Crippen molar-refractivity contribution in [3.05, 3.63) is 16.1 Å². The van der Waals surface area contributed by atoms with Gasteiger partial charge in [-0.3, -0.25) is 4.79 Å². The number of hydrogen-bond acceptors (Lipinski definition) is 5. The molecule has 0 fully saturated rings. The summed E-state index contributed by atoms with van der Waals surface area (Å²) < 4.78 is 5.32. The van der Waals surface area contributed by atoms with Crippen LogP contribution in [0.4, 0.5) is 0 Å². The second-order valence-electron chi connectivity index (χ2n) is 3.84. The van der Waals surface area contributed by atoms with Crippen LogP contribution in [0.5, 0.6) is 0 Å². The smallest absolute Gasteiger partial charge is 0.270 e. The van der Waals surface area contributed by atoms with Crippen molar-refractivity contribution in [2.45, 2.75) is 32.9 Å². The summed E-state index contributed by atoms with van der Waals surface area (Å²) in [6, 6.07) is -0.135. The summed E-state index contributed by atoms with van der Waals surface area (Å²) >= 11 is 1.40. The van der Waals surface area contributed by atoms with Crippen LogP contribution in [-0.4, -0.2) is 30.1 Å². The van der Waals surface area contributed by atoms with Crippen LogP contribution in [0.15, 0.2) is 5.38 Å². The van der Waals surface area contributed by atoms with E-state index >= 15 is 0 Å². The number of carbonyl (C=O) groups is 1. The van der Waals surface area contributed by atoms with Crippen LogP contribution in [0, 0.1) is 0 Å². The lowest BCUT2D eigenvalue weighted by molar-refractivity contribution is 0.0693. The first kappa shape index (κ1) is 14.1. The third-order valence-electron chi connectivity index (χ3n) is 2.15. The largest absolute Gasteiger partial charge is 0.377 e. The third-order valence-corrected chi connectivity index (χ3v) is 3.19. The Kier molecular flexibility index (Phi) is 5.54. The number of nitrogens with one attached hydrogen (secondary N) is 1. The van der Waals surface area contributed by atoms with Gasteiger partial charge < -0.3 is 15.8 Å². The Morgan fingerprint density at radius 1 is 1.65 bits per heavy atom. The van der Waals surface area contributed by atoms with Gasteiger partial charge in [0.25, 0.3) is 5.91 Å². The molecule has 1 heterocycles. The fraction of sp³-hybridized carbons (Fsp3) is 0.636. The lowest BCUT2D eigenvalue weighted by Gasteiger charge is -2.11. The van der Waals surface area contributed by atoms with Crippen molar-refractivity contribution in [1.82, 2.24) is 10.3 Å². The summed E-state index contributed by atoms with van der Waals surface area (Å²) in [4.78, 5) is 15.9. The molecule has 6 heteroatoms. The van der Waals surface area contributed by atoms with E-state index in [4.69, 9.17) is 10.5 Å². The van der Waals surface area contributed by atoms with Crippen molar-refractivity contribution in [1.29, 1.82) is 0 Å². The quantitative estimate of drug-likeness (QED) is 0.805. The number of amides is 1. The van der Waals surface area contributed by atoms with E-state index in [1.54, 1.807) is 5.38 Å². The fourth-order valence-electron chi connectivity index (χ4n) is 1.27. The van der Waals surface area contributed by atoms with E-state index in [9.17, 15) is 4.79 Å². The molecule has 17 heavy (non-hydrogen) atoms. The Labute approximate surface area is 105 Å². The normalized spacial score (nSPS) is 14.4. The average molecular weight is 257 g/mol. The Morgan fingerprint density at radius 2 is 2.35 bits per heavy atom. The van der Waals surface area contributed by atoms with Gasteiger partial charge in [-0.2, -0.15) is 0 Å². The van der Waals surface area contributed by atoms with Crippen molar-refractivity contribution in [3.63, 3.8) is 0 Å². The highest BCUT2D eigenvalue weighted by atomic mass is 32.1. The van der Waals surface area contributed by atoms with Gasteiger partial charge in [0.2, 0.25) is 0 Å². The molecule has 0 radical (unpaired) electrons. The van der Waals surface area contributed by atoms with E-state index in [1.165, 1.54) is 11.3 Å². The van der Waals surface area contributed by atoms with E-state index in [0.29, 0.717) is 18.8 Å². The SMILES string of the molecule is CCOC(C)CNC(=O)c1csc(C(C)N)n1. The van der Waals surface area contributed by atoms with E-state index in [1.807, 2.05) is 20.8 Å². The van der Waals surface area contributed by atoms with Gasteiger partial charge in [0.15, 0.2) is 0 Å². The standard InChI is InChI=1S/C11H19N3O2S/c1-4-16-7(2)5-13-10(15)9-6-17-11(14-9)8(3)12/h6-8H,4-5,12H2,1-3H3,(H,13,15). The number of nitrogens with two attached hydrogens (primary N) is 1. The molecule has 0 aliphatic heterocycles. The lowest BCUT2D eigenvalue weighted by Crippen LogP contribution is -2.32.